The minimum absolute atomic E-state index is 0.0832. The fraction of sp³-hybridized carbons (Fsp3) is 0.923. The van der Waals surface area contributed by atoms with Crippen LogP contribution in [0.1, 0.15) is 32.1 Å². The van der Waals surface area contributed by atoms with Gasteiger partial charge in [0.1, 0.15) is 6.61 Å². The van der Waals surface area contributed by atoms with E-state index in [4.69, 9.17) is 14.6 Å². The SMILES string of the molecule is O=C(CO)OCOC1C2CC3CC1CC(O)(C3)C2. The number of aliphatic hydroxyl groups excluding tert-OH is 1. The fourth-order valence-electron chi connectivity index (χ4n) is 4.43. The van der Waals surface area contributed by atoms with Crippen molar-refractivity contribution in [2.45, 2.75) is 43.8 Å². The van der Waals surface area contributed by atoms with Crippen LogP contribution >= 0.6 is 0 Å². The number of esters is 1. The highest BCUT2D eigenvalue weighted by Crippen LogP contribution is 2.56. The maximum absolute atomic E-state index is 10.8. The summed E-state index contributed by atoms with van der Waals surface area (Å²) in [7, 11) is 0. The summed E-state index contributed by atoms with van der Waals surface area (Å²) < 4.78 is 10.4. The molecule has 0 aliphatic heterocycles. The van der Waals surface area contributed by atoms with E-state index in [0.717, 1.165) is 32.1 Å². The van der Waals surface area contributed by atoms with E-state index in [-0.39, 0.29) is 12.9 Å². The Morgan fingerprint density at radius 1 is 1.22 bits per heavy atom. The topological polar surface area (TPSA) is 76.0 Å². The van der Waals surface area contributed by atoms with Crippen molar-refractivity contribution >= 4 is 5.97 Å². The van der Waals surface area contributed by atoms with Crippen LogP contribution in [0.15, 0.2) is 0 Å². The highest BCUT2D eigenvalue weighted by Gasteiger charge is 2.55. The van der Waals surface area contributed by atoms with Crippen LogP contribution in [0.3, 0.4) is 0 Å². The molecular formula is C13H20O5. The van der Waals surface area contributed by atoms with E-state index in [2.05, 4.69) is 0 Å². The van der Waals surface area contributed by atoms with Gasteiger partial charge in [-0.25, -0.2) is 4.79 Å². The predicted molar refractivity (Wildman–Crippen MR) is 61.4 cm³/mol. The van der Waals surface area contributed by atoms with E-state index in [1.807, 2.05) is 0 Å². The molecule has 0 radical (unpaired) electrons. The highest BCUT2D eigenvalue weighted by molar-refractivity contribution is 5.70. The fourth-order valence-corrected chi connectivity index (χ4v) is 4.43. The van der Waals surface area contributed by atoms with Gasteiger partial charge < -0.3 is 19.7 Å². The Kier molecular flexibility index (Phi) is 3.08. The molecule has 102 valence electrons. The Morgan fingerprint density at radius 3 is 2.44 bits per heavy atom. The van der Waals surface area contributed by atoms with Gasteiger partial charge in [-0.1, -0.05) is 0 Å². The zero-order chi connectivity index (χ0) is 12.8. The summed E-state index contributed by atoms with van der Waals surface area (Å²) in [5, 5.41) is 18.9. The van der Waals surface area contributed by atoms with Gasteiger partial charge in [-0.15, -0.1) is 0 Å². The number of aliphatic hydroxyl groups is 2. The first kappa shape index (κ1) is 12.4. The molecule has 18 heavy (non-hydrogen) atoms. The van der Waals surface area contributed by atoms with Gasteiger partial charge in [-0.3, -0.25) is 0 Å². The Morgan fingerprint density at radius 2 is 1.89 bits per heavy atom. The molecular weight excluding hydrogens is 236 g/mol. The average Bonchev–Trinajstić information content (AvgIpc) is 2.30. The maximum atomic E-state index is 10.8. The molecule has 0 heterocycles. The lowest BCUT2D eigenvalue weighted by Gasteiger charge is -2.57. The van der Waals surface area contributed by atoms with Gasteiger partial charge >= 0.3 is 5.97 Å². The molecule has 4 rings (SSSR count). The lowest BCUT2D eigenvalue weighted by atomic mass is 9.53. The predicted octanol–water partition coefficient (Wildman–Crippen LogP) is 0.436. The summed E-state index contributed by atoms with van der Waals surface area (Å²) in [4.78, 5) is 10.8. The Balaban J connectivity index is 1.57. The Hall–Kier alpha value is -0.650. The van der Waals surface area contributed by atoms with Crippen LogP contribution in [0, 0.1) is 17.8 Å². The van der Waals surface area contributed by atoms with Crippen molar-refractivity contribution in [1.82, 2.24) is 0 Å². The maximum Gasteiger partial charge on any atom is 0.333 e. The van der Waals surface area contributed by atoms with Gasteiger partial charge in [0.25, 0.3) is 0 Å². The van der Waals surface area contributed by atoms with Gasteiger partial charge in [0.15, 0.2) is 6.79 Å². The van der Waals surface area contributed by atoms with E-state index in [0.29, 0.717) is 17.8 Å². The standard InChI is InChI=1S/C13H20O5/c14-6-11(15)17-7-18-12-9-1-8-2-10(12)5-13(16,3-8)4-9/h8-10,12,14,16H,1-7H2. The molecule has 2 unspecified atom stereocenters. The largest absolute Gasteiger partial charge is 0.437 e. The third-order valence-corrected chi connectivity index (χ3v) is 4.76. The van der Waals surface area contributed by atoms with Crippen molar-refractivity contribution in [2.24, 2.45) is 17.8 Å². The zero-order valence-corrected chi connectivity index (χ0v) is 10.4. The number of carbonyl (C=O) groups excluding carboxylic acids is 1. The number of hydrogen-bond acceptors (Lipinski definition) is 5. The van der Waals surface area contributed by atoms with Crippen LogP contribution in [-0.2, 0) is 14.3 Å². The summed E-state index contributed by atoms with van der Waals surface area (Å²) in [6.07, 6.45) is 4.94. The second-order valence-corrected chi connectivity index (χ2v) is 6.12. The number of hydrogen-bond donors (Lipinski definition) is 2. The molecule has 4 saturated carbocycles. The summed E-state index contributed by atoms with van der Waals surface area (Å²) in [5.41, 5.74) is -0.460. The molecule has 5 nitrogen and oxygen atoms in total. The third-order valence-electron chi connectivity index (χ3n) is 4.76. The molecule has 4 aliphatic carbocycles. The molecule has 0 saturated heterocycles. The summed E-state index contributed by atoms with van der Waals surface area (Å²) in [6.45, 7) is -0.692. The van der Waals surface area contributed by atoms with Crippen LogP contribution in [0.25, 0.3) is 0 Å². The van der Waals surface area contributed by atoms with Gasteiger partial charge in [0.05, 0.1) is 11.7 Å². The highest BCUT2D eigenvalue weighted by atomic mass is 16.7. The number of rotatable bonds is 4. The minimum Gasteiger partial charge on any atom is -0.437 e. The van der Waals surface area contributed by atoms with Gasteiger partial charge in [0.2, 0.25) is 0 Å². The molecule has 0 aromatic heterocycles. The molecule has 0 aromatic rings. The lowest BCUT2D eigenvalue weighted by molar-refractivity contribution is -0.217. The first-order chi connectivity index (χ1) is 8.59. The zero-order valence-electron chi connectivity index (χ0n) is 10.4. The van der Waals surface area contributed by atoms with Crippen molar-refractivity contribution < 1.29 is 24.5 Å². The van der Waals surface area contributed by atoms with Crippen LogP contribution in [0.5, 0.6) is 0 Å². The monoisotopic (exact) mass is 256 g/mol. The van der Waals surface area contributed by atoms with E-state index in [1.165, 1.54) is 0 Å². The summed E-state index contributed by atoms with van der Waals surface area (Å²) in [5.74, 6) is 0.785. The molecule has 4 bridgehead atoms. The molecule has 5 heteroatoms. The normalized spacial score (nSPS) is 45.2. The van der Waals surface area contributed by atoms with E-state index < -0.39 is 18.2 Å². The van der Waals surface area contributed by atoms with E-state index in [1.54, 1.807) is 0 Å². The van der Waals surface area contributed by atoms with Crippen molar-refractivity contribution in [1.29, 1.82) is 0 Å². The first-order valence-electron chi connectivity index (χ1n) is 6.70. The third kappa shape index (κ3) is 2.15. The van der Waals surface area contributed by atoms with Crippen LogP contribution in [-0.4, -0.2) is 41.3 Å². The van der Waals surface area contributed by atoms with E-state index in [9.17, 15) is 9.90 Å². The first-order valence-corrected chi connectivity index (χ1v) is 6.70. The van der Waals surface area contributed by atoms with Crippen molar-refractivity contribution in [3.05, 3.63) is 0 Å². The molecule has 4 fully saturated rings. The van der Waals surface area contributed by atoms with Crippen molar-refractivity contribution in [3.63, 3.8) is 0 Å². The van der Waals surface area contributed by atoms with Gasteiger partial charge in [0, 0.05) is 0 Å². The van der Waals surface area contributed by atoms with Crippen LogP contribution in [0.2, 0.25) is 0 Å². The van der Waals surface area contributed by atoms with Crippen LogP contribution < -0.4 is 0 Å². The smallest absolute Gasteiger partial charge is 0.333 e. The van der Waals surface area contributed by atoms with E-state index >= 15 is 0 Å². The second-order valence-electron chi connectivity index (χ2n) is 6.12. The Bertz CT molecular complexity index is 326. The lowest BCUT2D eigenvalue weighted by Crippen LogP contribution is -2.57. The number of ether oxygens (including phenoxy) is 2. The molecule has 0 spiro atoms. The summed E-state index contributed by atoms with van der Waals surface area (Å²) in [6, 6.07) is 0. The quantitative estimate of drug-likeness (QED) is 0.563. The molecule has 0 aromatic carbocycles. The molecule has 4 aliphatic rings. The molecule has 0 amide bonds. The summed E-state index contributed by atoms with van der Waals surface area (Å²) >= 11 is 0. The van der Waals surface area contributed by atoms with Gasteiger partial charge in [-0.2, -0.15) is 0 Å². The Labute approximate surface area is 106 Å². The minimum atomic E-state index is -0.655. The van der Waals surface area contributed by atoms with Gasteiger partial charge in [-0.05, 0) is 49.9 Å². The average molecular weight is 256 g/mol. The number of carbonyl (C=O) groups is 1. The molecule has 2 N–H and O–H groups in total. The van der Waals surface area contributed by atoms with Crippen molar-refractivity contribution in [3.8, 4) is 0 Å². The second kappa shape index (κ2) is 4.47. The van der Waals surface area contributed by atoms with Crippen LogP contribution in [0.4, 0.5) is 0 Å². The molecule has 2 atom stereocenters. The van der Waals surface area contributed by atoms with Crippen molar-refractivity contribution in [2.75, 3.05) is 13.4 Å².